The number of benzene rings is 1. The van der Waals surface area contributed by atoms with Crippen LogP contribution in [0.15, 0.2) is 41.0 Å². The predicted octanol–water partition coefficient (Wildman–Crippen LogP) is 3.28. The molecular weight excluding hydrogens is 320 g/mol. The summed E-state index contributed by atoms with van der Waals surface area (Å²) in [5.41, 5.74) is 1.73. The number of nitrogens with one attached hydrogen (secondary N) is 2. The number of halogens is 1. The molecule has 106 valence electrons. The maximum atomic E-state index is 11.7. The number of carbonyl (C=O) groups is 1. The van der Waals surface area contributed by atoms with Crippen LogP contribution in [0.5, 0.6) is 5.75 Å². The molecule has 0 aliphatic carbocycles. The fourth-order valence-electron chi connectivity index (χ4n) is 1.76. The van der Waals surface area contributed by atoms with Crippen LogP contribution in [0.25, 0.3) is 0 Å². The second-order valence-electron chi connectivity index (χ2n) is 4.51. The number of ether oxygens (including phenoxy) is 1. The van der Waals surface area contributed by atoms with Crippen molar-refractivity contribution < 1.29 is 9.53 Å². The first-order valence-electron chi connectivity index (χ1n) is 6.47. The summed E-state index contributed by atoms with van der Waals surface area (Å²) in [5.74, 6) is 0.760. The summed E-state index contributed by atoms with van der Waals surface area (Å²) in [6, 6.07) is 9.67. The smallest absolute Gasteiger partial charge is 0.267 e. The van der Waals surface area contributed by atoms with Gasteiger partial charge in [0.15, 0.2) is 0 Å². The lowest BCUT2D eigenvalue weighted by Crippen LogP contribution is -2.25. The predicted molar refractivity (Wildman–Crippen MR) is 82.1 cm³/mol. The van der Waals surface area contributed by atoms with E-state index < -0.39 is 0 Å². The van der Waals surface area contributed by atoms with Crippen molar-refractivity contribution in [2.45, 2.75) is 13.3 Å². The van der Waals surface area contributed by atoms with Gasteiger partial charge in [0.2, 0.25) is 0 Å². The Morgan fingerprint density at radius 3 is 2.95 bits per heavy atom. The van der Waals surface area contributed by atoms with Crippen molar-refractivity contribution in [1.29, 1.82) is 0 Å². The summed E-state index contributed by atoms with van der Waals surface area (Å²) in [5, 5.41) is 2.84. The fourth-order valence-corrected chi connectivity index (χ4v) is 2.11. The molecule has 2 N–H and O–H groups in total. The number of aryl methyl sites for hydroxylation is 1. The molecule has 0 aliphatic rings. The molecule has 1 aromatic heterocycles. The number of H-pyrrole nitrogens is 1. The van der Waals surface area contributed by atoms with Crippen molar-refractivity contribution in [2.24, 2.45) is 0 Å². The van der Waals surface area contributed by atoms with Crippen LogP contribution >= 0.6 is 15.9 Å². The molecule has 5 heteroatoms. The molecule has 20 heavy (non-hydrogen) atoms. The third-order valence-electron chi connectivity index (χ3n) is 2.76. The Morgan fingerprint density at radius 2 is 2.25 bits per heavy atom. The Kier molecular flexibility index (Phi) is 5.24. The monoisotopic (exact) mass is 336 g/mol. The summed E-state index contributed by atoms with van der Waals surface area (Å²) in [4.78, 5) is 14.6. The SMILES string of the molecule is Cc1cccc(OCCCNC(=O)c2cc(Br)c[nH]2)c1. The van der Waals surface area contributed by atoms with E-state index >= 15 is 0 Å². The molecule has 1 heterocycles. The first-order chi connectivity index (χ1) is 9.65. The summed E-state index contributed by atoms with van der Waals surface area (Å²) >= 11 is 3.29. The fraction of sp³-hybridized carbons (Fsp3) is 0.267. The van der Waals surface area contributed by atoms with Gasteiger partial charge in [-0.05, 0) is 53.0 Å². The molecule has 0 saturated heterocycles. The number of carbonyl (C=O) groups excluding carboxylic acids is 1. The first kappa shape index (κ1) is 14.7. The topological polar surface area (TPSA) is 54.1 Å². The van der Waals surface area contributed by atoms with Gasteiger partial charge in [-0.3, -0.25) is 4.79 Å². The lowest BCUT2D eigenvalue weighted by molar-refractivity contribution is 0.0947. The van der Waals surface area contributed by atoms with Gasteiger partial charge in [-0.25, -0.2) is 0 Å². The Hall–Kier alpha value is -1.75. The lowest BCUT2D eigenvalue weighted by atomic mass is 10.2. The van der Waals surface area contributed by atoms with E-state index in [0.717, 1.165) is 16.6 Å². The van der Waals surface area contributed by atoms with E-state index in [4.69, 9.17) is 4.74 Å². The molecule has 4 nitrogen and oxygen atoms in total. The van der Waals surface area contributed by atoms with Crippen LogP contribution < -0.4 is 10.1 Å². The molecule has 2 rings (SSSR count). The van der Waals surface area contributed by atoms with Crippen molar-refractivity contribution in [3.05, 3.63) is 52.3 Å². The Balaban J connectivity index is 1.65. The normalized spacial score (nSPS) is 10.3. The van der Waals surface area contributed by atoms with E-state index in [1.807, 2.05) is 31.2 Å². The van der Waals surface area contributed by atoms with Gasteiger partial charge in [-0.15, -0.1) is 0 Å². The van der Waals surface area contributed by atoms with Crippen LogP contribution in [0.1, 0.15) is 22.5 Å². The van der Waals surface area contributed by atoms with E-state index in [1.54, 1.807) is 12.3 Å². The molecule has 2 aromatic rings. The molecule has 0 atom stereocenters. The molecular formula is C15H17BrN2O2. The van der Waals surface area contributed by atoms with Crippen LogP contribution in [-0.4, -0.2) is 24.0 Å². The van der Waals surface area contributed by atoms with E-state index in [-0.39, 0.29) is 5.91 Å². The zero-order valence-electron chi connectivity index (χ0n) is 11.3. The van der Waals surface area contributed by atoms with Crippen LogP contribution in [0.3, 0.4) is 0 Å². The summed E-state index contributed by atoms with van der Waals surface area (Å²) in [6.07, 6.45) is 2.50. The number of hydrogen-bond donors (Lipinski definition) is 2. The molecule has 0 aliphatic heterocycles. The average molecular weight is 337 g/mol. The van der Waals surface area contributed by atoms with Gasteiger partial charge in [0.1, 0.15) is 11.4 Å². The standard InChI is InChI=1S/C15H17BrN2O2/c1-11-4-2-5-13(8-11)20-7-3-6-17-15(19)14-9-12(16)10-18-14/h2,4-5,8-10,18H,3,6-7H2,1H3,(H,17,19). The molecule has 0 saturated carbocycles. The highest BCUT2D eigenvalue weighted by molar-refractivity contribution is 9.10. The second-order valence-corrected chi connectivity index (χ2v) is 5.42. The quantitative estimate of drug-likeness (QED) is 0.795. The highest BCUT2D eigenvalue weighted by Crippen LogP contribution is 2.12. The first-order valence-corrected chi connectivity index (χ1v) is 7.26. The summed E-state index contributed by atoms with van der Waals surface area (Å²) in [6.45, 7) is 3.20. The number of aromatic nitrogens is 1. The van der Waals surface area contributed by atoms with Gasteiger partial charge in [-0.1, -0.05) is 12.1 Å². The zero-order chi connectivity index (χ0) is 14.4. The molecule has 0 radical (unpaired) electrons. The lowest BCUT2D eigenvalue weighted by Gasteiger charge is -2.07. The van der Waals surface area contributed by atoms with Crippen LogP contribution in [0, 0.1) is 6.92 Å². The van der Waals surface area contributed by atoms with E-state index in [2.05, 4.69) is 26.2 Å². The Labute approximate surface area is 126 Å². The van der Waals surface area contributed by atoms with Crippen LogP contribution in [0.4, 0.5) is 0 Å². The highest BCUT2D eigenvalue weighted by atomic mass is 79.9. The highest BCUT2D eigenvalue weighted by Gasteiger charge is 2.06. The number of amides is 1. The number of hydrogen-bond acceptors (Lipinski definition) is 2. The molecule has 0 fully saturated rings. The van der Waals surface area contributed by atoms with E-state index in [0.29, 0.717) is 18.8 Å². The van der Waals surface area contributed by atoms with Gasteiger partial charge >= 0.3 is 0 Å². The van der Waals surface area contributed by atoms with Crippen molar-refractivity contribution in [2.75, 3.05) is 13.2 Å². The Bertz CT molecular complexity index is 581. The maximum absolute atomic E-state index is 11.7. The molecule has 1 amide bonds. The van der Waals surface area contributed by atoms with E-state index in [1.165, 1.54) is 5.56 Å². The number of rotatable bonds is 6. The average Bonchev–Trinajstić information content (AvgIpc) is 2.85. The third kappa shape index (κ3) is 4.42. The zero-order valence-corrected chi connectivity index (χ0v) is 12.9. The largest absolute Gasteiger partial charge is 0.494 e. The molecule has 0 unspecified atom stereocenters. The molecule has 0 spiro atoms. The second kappa shape index (κ2) is 7.14. The minimum absolute atomic E-state index is 0.105. The van der Waals surface area contributed by atoms with Gasteiger partial charge in [0, 0.05) is 17.2 Å². The minimum atomic E-state index is -0.105. The minimum Gasteiger partial charge on any atom is -0.494 e. The van der Waals surface area contributed by atoms with Crippen molar-refractivity contribution >= 4 is 21.8 Å². The van der Waals surface area contributed by atoms with Crippen molar-refractivity contribution in [3.8, 4) is 5.75 Å². The van der Waals surface area contributed by atoms with E-state index in [9.17, 15) is 4.79 Å². The van der Waals surface area contributed by atoms with Gasteiger partial charge in [0.05, 0.1) is 6.61 Å². The number of aromatic amines is 1. The van der Waals surface area contributed by atoms with Crippen LogP contribution in [0.2, 0.25) is 0 Å². The Morgan fingerprint density at radius 1 is 1.40 bits per heavy atom. The van der Waals surface area contributed by atoms with Gasteiger partial charge in [-0.2, -0.15) is 0 Å². The third-order valence-corrected chi connectivity index (χ3v) is 3.22. The molecule has 0 bridgehead atoms. The molecule has 1 aromatic carbocycles. The summed E-state index contributed by atoms with van der Waals surface area (Å²) < 4.78 is 6.48. The summed E-state index contributed by atoms with van der Waals surface area (Å²) in [7, 11) is 0. The van der Waals surface area contributed by atoms with Gasteiger partial charge < -0.3 is 15.0 Å². The van der Waals surface area contributed by atoms with Crippen LogP contribution in [-0.2, 0) is 0 Å². The maximum Gasteiger partial charge on any atom is 0.267 e. The van der Waals surface area contributed by atoms with Crippen molar-refractivity contribution in [1.82, 2.24) is 10.3 Å². The van der Waals surface area contributed by atoms with Crippen molar-refractivity contribution in [3.63, 3.8) is 0 Å². The van der Waals surface area contributed by atoms with Gasteiger partial charge in [0.25, 0.3) is 5.91 Å².